The SMILES string of the molecule is COC1CN(c2ncc(F)cc2CN)CCC1C. The van der Waals surface area contributed by atoms with Crippen molar-refractivity contribution in [1.82, 2.24) is 4.98 Å². The Morgan fingerprint density at radius 3 is 3.06 bits per heavy atom. The molecule has 2 unspecified atom stereocenters. The molecule has 2 rings (SSSR count). The maximum Gasteiger partial charge on any atom is 0.141 e. The summed E-state index contributed by atoms with van der Waals surface area (Å²) >= 11 is 0. The number of hydrogen-bond acceptors (Lipinski definition) is 4. The Bertz CT molecular complexity index is 413. The molecule has 0 aromatic carbocycles. The maximum absolute atomic E-state index is 13.1. The van der Waals surface area contributed by atoms with Gasteiger partial charge in [-0.15, -0.1) is 0 Å². The lowest BCUT2D eigenvalue weighted by molar-refractivity contribution is 0.0496. The lowest BCUT2D eigenvalue weighted by Crippen LogP contribution is -2.44. The van der Waals surface area contributed by atoms with E-state index in [0.29, 0.717) is 12.5 Å². The number of aromatic nitrogens is 1. The molecule has 0 saturated carbocycles. The highest BCUT2D eigenvalue weighted by Gasteiger charge is 2.27. The molecule has 0 aliphatic carbocycles. The van der Waals surface area contributed by atoms with E-state index in [-0.39, 0.29) is 11.9 Å². The standard InChI is InChI=1S/C13H20FN3O/c1-9-3-4-17(8-12(9)18-2)13-10(6-15)5-11(14)7-16-13/h5,7,9,12H,3-4,6,8,15H2,1-2H3. The fraction of sp³-hybridized carbons (Fsp3) is 0.615. The molecule has 1 aromatic heterocycles. The number of halogens is 1. The third-order valence-electron chi connectivity index (χ3n) is 3.62. The van der Waals surface area contributed by atoms with Gasteiger partial charge in [-0.05, 0) is 18.4 Å². The van der Waals surface area contributed by atoms with E-state index < -0.39 is 0 Å². The van der Waals surface area contributed by atoms with E-state index in [0.717, 1.165) is 30.9 Å². The van der Waals surface area contributed by atoms with Crippen LogP contribution in [0, 0.1) is 11.7 Å². The second-order valence-electron chi connectivity index (χ2n) is 4.83. The third kappa shape index (κ3) is 2.62. The van der Waals surface area contributed by atoms with Crippen LogP contribution in [0.2, 0.25) is 0 Å². The van der Waals surface area contributed by atoms with Gasteiger partial charge >= 0.3 is 0 Å². The lowest BCUT2D eigenvalue weighted by Gasteiger charge is -2.37. The zero-order valence-corrected chi connectivity index (χ0v) is 10.9. The molecule has 2 N–H and O–H groups in total. The van der Waals surface area contributed by atoms with Crippen LogP contribution < -0.4 is 10.6 Å². The second kappa shape index (κ2) is 5.63. The van der Waals surface area contributed by atoms with Gasteiger partial charge in [0, 0.05) is 32.3 Å². The van der Waals surface area contributed by atoms with Gasteiger partial charge in [0.15, 0.2) is 0 Å². The fourth-order valence-corrected chi connectivity index (χ4v) is 2.44. The topological polar surface area (TPSA) is 51.4 Å². The number of hydrogen-bond donors (Lipinski definition) is 1. The Kier molecular flexibility index (Phi) is 4.14. The van der Waals surface area contributed by atoms with Crippen LogP contribution in [-0.4, -0.2) is 31.3 Å². The van der Waals surface area contributed by atoms with Crippen molar-refractivity contribution in [2.24, 2.45) is 11.7 Å². The van der Waals surface area contributed by atoms with Gasteiger partial charge in [0.05, 0.1) is 12.3 Å². The number of pyridine rings is 1. The first kappa shape index (κ1) is 13.2. The summed E-state index contributed by atoms with van der Waals surface area (Å²) in [5.41, 5.74) is 6.41. The normalized spacial score (nSPS) is 24.3. The van der Waals surface area contributed by atoms with E-state index in [9.17, 15) is 4.39 Å². The Labute approximate surface area is 107 Å². The number of rotatable bonds is 3. The largest absolute Gasteiger partial charge is 0.379 e. The smallest absolute Gasteiger partial charge is 0.141 e. The number of nitrogens with two attached hydrogens (primary N) is 1. The van der Waals surface area contributed by atoms with Crippen LogP contribution >= 0.6 is 0 Å². The quantitative estimate of drug-likeness (QED) is 0.887. The molecular formula is C13H20FN3O. The van der Waals surface area contributed by atoms with E-state index in [1.165, 1.54) is 12.3 Å². The monoisotopic (exact) mass is 253 g/mol. The highest BCUT2D eigenvalue weighted by Crippen LogP contribution is 2.26. The van der Waals surface area contributed by atoms with Crippen molar-refractivity contribution in [1.29, 1.82) is 0 Å². The maximum atomic E-state index is 13.1. The summed E-state index contributed by atoms with van der Waals surface area (Å²) in [7, 11) is 1.73. The Morgan fingerprint density at radius 2 is 2.39 bits per heavy atom. The van der Waals surface area contributed by atoms with Crippen molar-refractivity contribution in [3.8, 4) is 0 Å². The minimum absolute atomic E-state index is 0.191. The molecule has 1 aliphatic rings. The molecule has 4 nitrogen and oxygen atoms in total. The van der Waals surface area contributed by atoms with Gasteiger partial charge < -0.3 is 15.4 Å². The summed E-state index contributed by atoms with van der Waals surface area (Å²) in [5, 5.41) is 0. The molecule has 1 aliphatic heterocycles. The van der Waals surface area contributed by atoms with Gasteiger partial charge in [-0.25, -0.2) is 9.37 Å². The van der Waals surface area contributed by atoms with Gasteiger partial charge in [-0.2, -0.15) is 0 Å². The minimum Gasteiger partial charge on any atom is -0.379 e. The van der Waals surface area contributed by atoms with E-state index in [1.807, 2.05) is 0 Å². The predicted octanol–water partition coefficient (Wildman–Crippen LogP) is 1.54. The Morgan fingerprint density at radius 1 is 1.61 bits per heavy atom. The van der Waals surface area contributed by atoms with E-state index in [2.05, 4.69) is 16.8 Å². The Balaban J connectivity index is 2.21. The summed E-state index contributed by atoms with van der Waals surface area (Å²) in [4.78, 5) is 6.32. The molecule has 0 amide bonds. The number of piperidine rings is 1. The number of ether oxygens (including phenoxy) is 1. The molecule has 0 radical (unpaired) electrons. The van der Waals surface area contributed by atoms with Gasteiger partial charge in [-0.1, -0.05) is 6.92 Å². The molecule has 1 fully saturated rings. The molecule has 5 heteroatoms. The third-order valence-corrected chi connectivity index (χ3v) is 3.62. The average Bonchev–Trinajstić information content (AvgIpc) is 2.39. The van der Waals surface area contributed by atoms with Gasteiger partial charge in [0.25, 0.3) is 0 Å². The van der Waals surface area contributed by atoms with Crippen LogP contribution in [0.4, 0.5) is 10.2 Å². The molecule has 0 spiro atoms. The molecule has 2 atom stereocenters. The summed E-state index contributed by atoms with van der Waals surface area (Å²) in [6.07, 6.45) is 2.48. The lowest BCUT2D eigenvalue weighted by atomic mass is 9.95. The minimum atomic E-state index is -0.340. The zero-order chi connectivity index (χ0) is 13.1. The van der Waals surface area contributed by atoms with Gasteiger partial charge in [0.1, 0.15) is 11.6 Å². The average molecular weight is 253 g/mol. The Hall–Kier alpha value is -1.20. The number of anilines is 1. The summed E-state index contributed by atoms with van der Waals surface area (Å²) in [5.74, 6) is 0.980. The summed E-state index contributed by atoms with van der Waals surface area (Å²) < 4.78 is 18.6. The fourth-order valence-electron chi connectivity index (χ4n) is 2.44. The van der Waals surface area contributed by atoms with Gasteiger partial charge in [0.2, 0.25) is 0 Å². The first-order valence-corrected chi connectivity index (χ1v) is 6.28. The summed E-state index contributed by atoms with van der Waals surface area (Å²) in [6, 6.07) is 1.46. The van der Waals surface area contributed by atoms with Crippen LogP contribution in [0.25, 0.3) is 0 Å². The van der Waals surface area contributed by atoms with Crippen molar-refractivity contribution >= 4 is 5.82 Å². The van der Waals surface area contributed by atoms with Crippen LogP contribution in [0.15, 0.2) is 12.3 Å². The molecule has 100 valence electrons. The van der Waals surface area contributed by atoms with Crippen LogP contribution in [0.5, 0.6) is 0 Å². The molecule has 2 heterocycles. The molecule has 1 aromatic rings. The van der Waals surface area contributed by atoms with Crippen LogP contribution in [0.1, 0.15) is 18.9 Å². The van der Waals surface area contributed by atoms with Crippen LogP contribution in [0.3, 0.4) is 0 Å². The van der Waals surface area contributed by atoms with Crippen LogP contribution in [-0.2, 0) is 11.3 Å². The van der Waals surface area contributed by atoms with Crippen molar-refractivity contribution in [3.63, 3.8) is 0 Å². The van der Waals surface area contributed by atoms with Crippen molar-refractivity contribution < 1.29 is 9.13 Å². The van der Waals surface area contributed by atoms with E-state index >= 15 is 0 Å². The second-order valence-corrected chi connectivity index (χ2v) is 4.83. The van der Waals surface area contributed by atoms with E-state index in [1.54, 1.807) is 7.11 Å². The number of nitrogens with zero attached hydrogens (tertiary/aromatic N) is 2. The predicted molar refractivity (Wildman–Crippen MR) is 68.9 cm³/mol. The first-order chi connectivity index (χ1) is 8.65. The van der Waals surface area contributed by atoms with Gasteiger partial charge in [-0.3, -0.25) is 0 Å². The van der Waals surface area contributed by atoms with Crippen molar-refractivity contribution in [2.75, 3.05) is 25.1 Å². The van der Waals surface area contributed by atoms with Crippen molar-refractivity contribution in [2.45, 2.75) is 26.0 Å². The molecule has 18 heavy (non-hydrogen) atoms. The molecule has 1 saturated heterocycles. The zero-order valence-electron chi connectivity index (χ0n) is 10.9. The first-order valence-electron chi connectivity index (χ1n) is 6.28. The number of methoxy groups -OCH3 is 1. The molecular weight excluding hydrogens is 233 g/mol. The highest BCUT2D eigenvalue weighted by atomic mass is 19.1. The summed E-state index contributed by atoms with van der Waals surface area (Å²) in [6.45, 7) is 4.17. The van der Waals surface area contributed by atoms with E-state index in [4.69, 9.17) is 10.5 Å². The highest BCUT2D eigenvalue weighted by molar-refractivity contribution is 5.47. The molecule has 0 bridgehead atoms. The van der Waals surface area contributed by atoms with Crippen molar-refractivity contribution in [3.05, 3.63) is 23.6 Å².